The number of nitrogens with one attached hydrogen (secondary N) is 1. The van der Waals surface area contributed by atoms with Gasteiger partial charge in [-0.05, 0) is 46.9 Å². The Hall–Kier alpha value is -0.280. The smallest absolute Gasteiger partial charge is 0.325 e. The van der Waals surface area contributed by atoms with Crippen LogP contribution in [-0.2, 0) is 14.3 Å². The summed E-state index contributed by atoms with van der Waals surface area (Å²) in [7, 11) is 1.57. The van der Waals surface area contributed by atoms with Gasteiger partial charge in [-0.1, -0.05) is 21.1 Å². The minimum Gasteiger partial charge on any atom is -0.463 e. The zero-order valence-corrected chi connectivity index (χ0v) is 14.2. The van der Waals surface area contributed by atoms with E-state index in [1.54, 1.807) is 15.0 Å². The molecule has 0 fully saturated rings. The third-order valence-corrected chi connectivity index (χ3v) is 4.69. The standard InChI is InChI=1S/C13H20INO4S/c14-20-8-7-19-12(17)9-15-13(18)10-3-1-2-4-11(16)6-5-10/h2,4,10-11,16H,1,3,5-9H2,(H,15,18)/b4-2+. The lowest BCUT2D eigenvalue weighted by Crippen LogP contribution is -2.36. The molecule has 0 aromatic carbocycles. The zero-order chi connectivity index (χ0) is 14.8. The highest BCUT2D eigenvalue weighted by atomic mass is 127. The van der Waals surface area contributed by atoms with Gasteiger partial charge in [0.1, 0.15) is 13.2 Å². The Morgan fingerprint density at radius 3 is 2.95 bits per heavy atom. The molecule has 5 nitrogen and oxygen atoms in total. The summed E-state index contributed by atoms with van der Waals surface area (Å²) in [5.74, 6) is 0.0576. The van der Waals surface area contributed by atoms with E-state index in [0.29, 0.717) is 19.4 Å². The number of carbonyl (C=O) groups excluding carboxylic acids is 2. The van der Waals surface area contributed by atoms with E-state index in [1.165, 1.54) is 0 Å². The Morgan fingerprint density at radius 2 is 2.20 bits per heavy atom. The number of hydrogen-bond donors (Lipinski definition) is 2. The van der Waals surface area contributed by atoms with Gasteiger partial charge >= 0.3 is 5.97 Å². The van der Waals surface area contributed by atoms with Crippen molar-refractivity contribution in [2.75, 3.05) is 18.9 Å². The van der Waals surface area contributed by atoms with Crippen molar-refractivity contribution in [1.29, 1.82) is 0 Å². The van der Waals surface area contributed by atoms with Crippen LogP contribution in [0.5, 0.6) is 0 Å². The Kier molecular flexibility index (Phi) is 9.28. The molecule has 1 rings (SSSR count). The van der Waals surface area contributed by atoms with Crippen LogP contribution in [0.3, 0.4) is 0 Å². The van der Waals surface area contributed by atoms with Crippen LogP contribution in [0, 0.1) is 5.92 Å². The Morgan fingerprint density at radius 1 is 1.40 bits per heavy atom. The van der Waals surface area contributed by atoms with Gasteiger partial charge in [-0.3, -0.25) is 9.59 Å². The summed E-state index contributed by atoms with van der Waals surface area (Å²) in [6.07, 6.45) is 5.93. The number of amides is 1. The summed E-state index contributed by atoms with van der Waals surface area (Å²) in [5, 5.41) is 12.2. The monoisotopic (exact) mass is 413 g/mol. The van der Waals surface area contributed by atoms with E-state index < -0.39 is 12.1 Å². The molecule has 1 aliphatic rings. The SMILES string of the molecule is O=C(CNC(=O)C1CC/C=C/C(O)CC1)OCCSI. The molecule has 0 saturated carbocycles. The van der Waals surface area contributed by atoms with Crippen LogP contribution in [0.15, 0.2) is 12.2 Å². The first-order valence-electron chi connectivity index (χ1n) is 6.65. The number of hydrogen-bond acceptors (Lipinski definition) is 5. The molecular formula is C13H20INO4S. The maximum atomic E-state index is 12.0. The van der Waals surface area contributed by atoms with Gasteiger partial charge in [-0.2, -0.15) is 0 Å². The van der Waals surface area contributed by atoms with Crippen molar-refractivity contribution in [3.8, 4) is 0 Å². The minimum atomic E-state index is -0.471. The highest BCUT2D eigenvalue weighted by molar-refractivity contribution is 14.2. The van der Waals surface area contributed by atoms with E-state index in [1.807, 2.05) is 6.08 Å². The number of esters is 1. The van der Waals surface area contributed by atoms with E-state index in [2.05, 4.69) is 26.5 Å². The second-order valence-corrected chi connectivity index (χ2v) is 7.09. The fourth-order valence-electron chi connectivity index (χ4n) is 1.97. The molecule has 0 aromatic rings. The summed E-state index contributed by atoms with van der Waals surface area (Å²) >= 11 is 2.13. The van der Waals surface area contributed by atoms with Crippen LogP contribution >= 0.6 is 30.1 Å². The predicted molar refractivity (Wildman–Crippen MR) is 87.6 cm³/mol. The van der Waals surface area contributed by atoms with Gasteiger partial charge in [0.25, 0.3) is 0 Å². The number of rotatable bonds is 6. The van der Waals surface area contributed by atoms with Crippen LogP contribution < -0.4 is 5.32 Å². The molecule has 0 spiro atoms. The molecule has 0 radical (unpaired) electrons. The third-order valence-electron chi connectivity index (χ3n) is 3.05. The van der Waals surface area contributed by atoms with Crippen molar-refractivity contribution in [1.82, 2.24) is 5.32 Å². The molecule has 2 atom stereocenters. The average Bonchev–Trinajstić information content (AvgIpc) is 2.41. The van der Waals surface area contributed by atoms with Crippen LogP contribution in [-0.4, -0.2) is 42.0 Å². The van der Waals surface area contributed by atoms with Crippen molar-refractivity contribution < 1.29 is 19.4 Å². The summed E-state index contributed by atoms with van der Waals surface area (Å²) in [4.78, 5) is 23.4. The summed E-state index contributed by atoms with van der Waals surface area (Å²) < 4.78 is 4.95. The highest BCUT2D eigenvalue weighted by Gasteiger charge is 2.20. The molecular weight excluding hydrogens is 393 g/mol. The fraction of sp³-hybridized carbons (Fsp3) is 0.692. The lowest BCUT2D eigenvalue weighted by atomic mass is 9.92. The van der Waals surface area contributed by atoms with Crippen molar-refractivity contribution >= 4 is 42.0 Å². The van der Waals surface area contributed by atoms with Gasteiger partial charge in [0.05, 0.1) is 6.10 Å². The van der Waals surface area contributed by atoms with Crippen LogP contribution in [0.2, 0.25) is 0 Å². The Balaban J connectivity index is 2.27. The molecule has 114 valence electrons. The maximum Gasteiger partial charge on any atom is 0.325 e. The van der Waals surface area contributed by atoms with Crippen LogP contribution in [0.1, 0.15) is 25.7 Å². The minimum absolute atomic E-state index is 0.0837. The van der Waals surface area contributed by atoms with Gasteiger partial charge in [0.2, 0.25) is 5.91 Å². The van der Waals surface area contributed by atoms with Gasteiger partial charge in [0, 0.05) is 11.7 Å². The molecule has 2 N–H and O–H groups in total. The summed E-state index contributed by atoms with van der Waals surface area (Å²) in [6, 6.07) is 0. The fourth-order valence-corrected chi connectivity index (χ4v) is 2.65. The van der Waals surface area contributed by atoms with E-state index in [4.69, 9.17) is 4.74 Å². The molecule has 0 saturated heterocycles. The number of ether oxygens (including phenoxy) is 1. The second-order valence-electron chi connectivity index (χ2n) is 4.60. The molecule has 7 heteroatoms. The summed E-state index contributed by atoms with van der Waals surface area (Å²) in [5.41, 5.74) is 0. The number of carbonyl (C=O) groups is 2. The van der Waals surface area contributed by atoms with Gasteiger partial charge < -0.3 is 15.2 Å². The van der Waals surface area contributed by atoms with Crippen molar-refractivity contribution in [3.05, 3.63) is 12.2 Å². The Labute approximate surface area is 135 Å². The van der Waals surface area contributed by atoms with E-state index >= 15 is 0 Å². The van der Waals surface area contributed by atoms with Crippen molar-refractivity contribution in [2.45, 2.75) is 31.8 Å². The highest BCUT2D eigenvalue weighted by Crippen LogP contribution is 2.19. The van der Waals surface area contributed by atoms with Gasteiger partial charge in [-0.25, -0.2) is 0 Å². The number of allylic oxidation sites excluding steroid dienone is 1. The average molecular weight is 413 g/mol. The van der Waals surface area contributed by atoms with Crippen LogP contribution in [0.4, 0.5) is 0 Å². The lowest BCUT2D eigenvalue weighted by Gasteiger charge is -2.18. The van der Waals surface area contributed by atoms with E-state index in [9.17, 15) is 14.7 Å². The Bertz CT molecular complexity index is 351. The molecule has 1 aliphatic carbocycles. The predicted octanol–water partition coefficient (Wildman–Crippen LogP) is 1.84. The van der Waals surface area contributed by atoms with E-state index in [-0.39, 0.29) is 18.4 Å². The number of aliphatic hydroxyl groups is 1. The third kappa shape index (κ3) is 7.49. The quantitative estimate of drug-likeness (QED) is 0.301. The number of halogens is 1. The molecule has 20 heavy (non-hydrogen) atoms. The largest absolute Gasteiger partial charge is 0.463 e. The van der Waals surface area contributed by atoms with E-state index in [0.717, 1.165) is 18.6 Å². The topological polar surface area (TPSA) is 75.6 Å². The lowest BCUT2D eigenvalue weighted by molar-refractivity contribution is -0.143. The zero-order valence-electron chi connectivity index (χ0n) is 11.2. The van der Waals surface area contributed by atoms with Crippen LogP contribution in [0.25, 0.3) is 0 Å². The number of aliphatic hydroxyl groups excluding tert-OH is 1. The van der Waals surface area contributed by atoms with Gasteiger partial charge in [-0.15, -0.1) is 0 Å². The van der Waals surface area contributed by atoms with Gasteiger partial charge in [0.15, 0.2) is 0 Å². The normalized spacial score (nSPS) is 24.3. The van der Waals surface area contributed by atoms with Crippen molar-refractivity contribution in [2.24, 2.45) is 5.92 Å². The molecule has 0 aromatic heterocycles. The first kappa shape index (κ1) is 17.8. The first-order chi connectivity index (χ1) is 9.63. The molecule has 0 bridgehead atoms. The summed E-state index contributed by atoms with van der Waals surface area (Å²) in [6.45, 7) is 0.280. The molecule has 0 heterocycles. The second kappa shape index (κ2) is 10.4. The molecule has 0 aliphatic heterocycles. The van der Waals surface area contributed by atoms with Crippen molar-refractivity contribution in [3.63, 3.8) is 0 Å². The first-order valence-corrected chi connectivity index (χ1v) is 10.2. The molecule has 1 amide bonds. The maximum absolute atomic E-state index is 12.0. The molecule has 2 unspecified atom stereocenters.